The van der Waals surface area contributed by atoms with Crippen molar-refractivity contribution in [2.45, 2.75) is 64.4 Å². The lowest BCUT2D eigenvalue weighted by Crippen LogP contribution is -2.37. The number of aromatic nitrogens is 4. The number of alkyl halides is 3. The first-order valence-corrected chi connectivity index (χ1v) is 12.4. The van der Waals surface area contributed by atoms with Crippen LogP contribution in [0.5, 0.6) is 0 Å². The maximum atomic E-state index is 13.6. The minimum atomic E-state index is -4.82. The number of amides is 1. The molecule has 1 saturated heterocycles. The molecule has 1 fully saturated rings. The Labute approximate surface area is 222 Å². The minimum absolute atomic E-state index is 0.0510. The number of hydrogen-bond donors (Lipinski definition) is 1. The second kappa shape index (κ2) is 10.6. The van der Waals surface area contributed by atoms with E-state index in [-0.39, 0.29) is 35.6 Å². The smallest absolute Gasteiger partial charge is 0.419 e. The van der Waals surface area contributed by atoms with Gasteiger partial charge in [-0.3, -0.25) is 4.68 Å². The van der Waals surface area contributed by atoms with Gasteiger partial charge in [-0.25, -0.2) is 13.9 Å². The van der Waals surface area contributed by atoms with Crippen LogP contribution in [0.1, 0.15) is 62.8 Å². The van der Waals surface area contributed by atoms with Gasteiger partial charge in [-0.1, -0.05) is 6.07 Å². The number of carbonyl (C=O) groups is 1. The molecule has 9 nitrogen and oxygen atoms in total. The average Bonchev–Trinajstić information content (AvgIpc) is 3.33. The van der Waals surface area contributed by atoms with Crippen molar-refractivity contribution >= 4 is 11.9 Å². The number of halogens is 4. The highest BCUT2D eigenvalue weighted by molar-refractivity contribution is 5.72. The zero-order chi connectivity index (χ0) is 28.5. The Hall–Kier alpha value is -4.08. The summed E-state index contributed by atoms with van der Waals surface area (Å²) in [5, 5.41) is 18.6. The van der Waals surface area contributed by atoms with Crippen molar-refractivity contribution < 1.29 is 27.1 Å². The third-order valence-corrected chi connectivity index (χ3v) is 6.34. The Balaban J connectivity index is 1.53. The highest BCUT2D eigenvalue weighted by Crippen LogP contribution is 2.34. The van der Waals surface area contributed by atoms with E-state index in [0.29, 0.717) is 43.6 Å². The molecule has 1 amide bonds. The van der Waals surface area contributed by atoms with Gasteiger partial charge in [0.2, 0.25) is 0 Å². The van der Waals surface area contributed by atoms with Crippen molar-refractivity contribution in [1.82, 2.24) is 24.5 Å². The van der Waals surface area contributed by atoms with Gasteiger partial charge in [0.1, 0.15) is 34.6 Å². The Morgan fingerprint density at radius 1 is 1.23 bits per heavy atom. The molecular formula is C26H29F4N7O2. The van der Waals surface area contributed by atoms with Crippen molar-refractivity contribution in [3.63, 3.8) is 0 Å². The Morgan fingerprint density at radius 2 is 1.97 bits per heavy atom. The molecule has 2 N–H and O–H groups in total. The third-order valence-electron chi connectivity index (χ3n) is 6.34. The number of ether oxygens (including phenoxy) is 1. The van der Waals surface area contributed by atoms with Gasteiger partial charge in [0.05, 0.1) is 24.3 Å². The number of nitriles is 1. The summed E-state index contributed by atoms with van der Waals surface area (Å²) < 4.78 is 61.3. The molecule has 0 bridgehead atoms. The molecule has 4 rings (SSSR count). The van der Waals surface area contributed by atoms with Gasteiger partial charge in [-0.15, -0.1) is 0 Å². The van der Waals surface area contributed by atoms with E-state index in [9.17, 15) is 27.6 Å². The average molecular weight is 548 g/mol. The summed E-state index contributed by atoms with van der Waals surface area (Å²) in [6, 6.07) is 4.70. The molecule has 13 heteroatoms. The summed E-state index contributed by atoms with van der Waals surface area (Å²) in [6.45, 7) is 6.33. The van der Waals surface area contributed by atoms with E-state index < -0.39 is 23.2 Å². The van der Waals surface area contributed by atoms with Gasteiger partial charge in [0.15, 0.2) is 0 Å². The topological polar surface area (TPSA) is 115 Å². The van der Waals surface area contributed by atoms with Gasteiger partial charge in [-0.2, -0.15) is 28.6 Å². The highest BCUT2D eigenvalue weighted by Gasteiger charge is 2.34. The van der Waals surface area contributed by atoms with Crippen LogP contribution in [0.2, 0.25) is 0 Å². The minimum Gasteiger partial charge on any atom is -0.444 e. The highest BCUT2D eigenvalue weighted by atomic mass is 19.4. The van der Waals surface area contributed by atoms with E-state index in [0.717, 1.165) is 12.1 Å². The van der Waals surface area contributed by atoms with Crippen molar-refractivity contribution in [2.75, 3.05) is 18.8 Å². The van der Waals surface area contributed by atoms with Crippen LogP contribution in [0.3, 0.4) is 0 Å². The molecule has 3 aromatic rings. The van der Waals surface area contributed by atoms with Crippen LogP contribution in [0.4, 0.5) is 28.2 Å². The molecule has 39 heavy (non-hydrogen) atoms. The SMILES string of the molecule is CC(C)(C)OC(=O)N1CCC[C@H](n2nc(-c3cnn(Cc4ccc(F)c(C(F)(F)F)c4)c3)c(C#N)c2N)CC1. The van der Waals surface area contributed by atoms with E-state index in [1.54, 1.807) is 15.8 Å². The first-order chi connectivity index (χ1) is 18.3. The van der Waals surface area contributed by atoms with E-state index in [2.05, 4.69) is 16.3 Å². The van der Waals surface area contributed by atoms with Crippen LogP contribution in [0, 0.1) is 17.1 Å². The lowest BCUT2D eigenvalue weighted by atomic mass is 10.1. The third kappa shape index (κ3) is 6.32. The molecule has 0 radical (unpaired) electrons. The van der Waals surface area contributed by atoms with Gasteiger partial charge in [-0.05, 0) is 57.7 Å². The van der Waals surface area contributed by atoms with Crippen molar-refractivity contribution in [2.24, 2.45) is 0 Å². The number of carbonyl (C=O) groups excluding carboxylic acids is 1. The monoisotopic (exact) mass is 547 g/mol. The normalized spacial score (nSPS) is 16.6. The fourth-order valence-electron chi connectivity index (χ4n) is 4.52. The van der Waals surface area contributed by atoms with Crippen LogP contribution in [-0.4, -0.2) is 49.2 Å². The van der Waals surface area contributed by atoms with Crippen LogP contribution in [-0.2, 0) is 17.5 Å². The number of nitrogen functional groups attached to an aromatic ring is 1. The van der Waals surface area contributed by atoms with Gasteiger partial charge in [0.25, 0.3) is 0 Å². The lowest BCUT2D eigenvalue weighted by molar-refractivity contribution is -0.140. The molecule has 0 saturated carbocycles. The van der Waals surface area contributed by atoms with Crippen LogP contribution >= 0.6 is 0 Å². The number of nitrogens with zero attached hydrogens (tertiary/aromatic N) is 6. The molecule has 1 atom stereocenters. The van der Waals surface area contributed by atoms with Gasteiger partial charge in [0, 0.05) is 24.8 Å². The molecule has 0 aliphatic carbocycles. The Morgan fingerprint density at radius 3 is 2.64 bits per heavy atom. The summed E-state index contributed by atoms with van der Waals surface area (Å²) >= 11 is 0. The number of benzene rings is 1. The number of hydrogen-bond acceptors (Lipinski definition) is 6. The molecule has 1 aliphatic rings. The first-order valence-electron chi connectivity index (χ1n) is 12.4. The van der Waals surface area contributed by atoms with Gasteiger partial charge >= 0.3 is 12.3 Å². The predicted octanol–water partition coefficient (Wildman–Crippen LogP) is 5.37. The number of rotatable bonds is 4. The molecule has 208 valence electrons. The lowest BCUT2D eigenvalue weighted by Gasteiger charge is -2.26. The molecule has 0 spiro atoms. The van der Waals surface area contributed by atoms with Crippen molar-refractivity contribution in [3.05, 3.63) is 53.1 Å². The second-order valence-corrected chi connectivity index (χ2v) is 10.5. The summed E-state index contributed by atoms with van der Waals surface area (Å²) in [6.07, 6.45) is -0.286. The van der Waals surface area contributed by atoms with E-state index >= 15 is 0 Å². The number of likely N-dealkylation sites (tertiary alicyclic amines) is 1. The molecule has 1 aliphatic heterocycles. The quantitative estimate of drug-likeness (QED) is 0.439. The zero-order valence-corrected chi connectivity index (χ0v) is 21.8. The summed E-state index contributed by atoms with van der Waals surface area (Å²) in [5.74, 6) is -1.16. The standard InChI is InChI=1S/C26H29F4N7O2/c1-25(2,3)39-24(38)35-9-4-5-18(8-10-35)37-23(32)19(12-31)22(34-37)17-13-33-36(15-17)14-16-6-7-21(27)20(11-16)26(28,29)30/h6-7,11,13,15,18H,4-5,8-10,14,32H2,1-3H3/t18-/m0/s1. The summed E-state index contributed by atoms with van der Waals surface area (Å²) in [5.41, 5.74) is 5.48. The maximum Gasteiger partial charge on any atom is 0.419 e. The molecule has 2 aromatic heterocycles. The van der Waals surface area contributed by atoms with Crippen LogP contribution in [0.15, 0.2) is 30.6 Å². The van der Waals surface area contributed by atoms with Crippen molar-refractivity contribution in [3.8, 4) is 17.3 Å². The van der Waals surface area contributed by atoms with E-state index in [1.807, 2.05) is 20.8 Å². The fourth-order valence-corrected chi connectivity index (χ4v) is 4.52. The Bertz CT molecular complexity index is 1400. The molecule has 1 aromatic carbocycles. The summed E-state index contributed by atoms with van der Waals surface area (Å²) in [7, 11) is 0. The van der Waals surface area contributed by atoms with Gasteiger partial charge < -0.3 is 15.4 Å². The number of nitrogens with two attached hydrogens (primary N) is 1. The zero-order valence-electron chi connectivity index (χ0n) is 21.8. The largest absolute Gasteiger partial charge is 0.444 e. The van der Waals surface area contributed by atoms with E-state index in [4.69, 9.17) is 10.5 Å². The second-order valence-electron chi connectivity index (χ2n) is 10.5. The molecule has 0 unspecified atom stereocenters. The molecular weight excluding hydrogens is 518 g/mol. The Kier molecular flexibility index (Phi) is 7.59. The van der Waals surface area contributed by atoms with E-state index in [1.165, 1.54) is 16.9 Å². The maximum absolute atomic E-state index is 13.6. The summed E-state index contributed by atoms with van der Waals surface area (Å²) in [4.78, 5) is 14.2. The van der Waals surface area contributed by atoms with Crippen LogP contribution < -0.4 is 5.73 Å². The van der Waals surface area contributed by atoms with Crippen molar-refractivity contribution in [1.29, 1.82) is 5.26 Å². The fraction of sp³-hybridized carbons (Fsp3) is 0.462. The number of anilines is 1. The first kappa shape index (κ1) is 27.9. The van der Waals surface area contributed by atoms with Crippen LogP contribution in [0.25, 0.3) is 11.3 Å². The predicted molar refractivity (Wildman–Crippen MR) is 134 cm³/mol. The molecule has 3 heterocycles.